The number of rotatable bonds is 6. The van der Waals surface area contributed by atoms with Crippen LogP contribution < -0.4 is 10.6 Å². The molecule has 2 aromatic rings. The maximum Gasteiger partial charge on any atom is 0.238 e. The number of carbonyl (C=O) groups excluding carboxylic acids is 2. The fraction of sp³-hybridized carbons (Fsp3) is 0.176. The minimum Gasteiger partial charge on any atom is -0.325 e. The zero-order valence-electron chi connectivity index (χ0n) is 13.4. The third-order valence-corrected chi connectivity index (χ3v) is 3.14. The highest BCUT2D eigenvalue weighted by molar-refractivity contribution is 5.94. The topological polar surface area (TPSA) is 61.4 Å². The van der Waals surface area contributed by atoms with E-state index in [1.54, 1.807) is 0 Å². The summed E-state index contributed by atoms with van der Waals surface area (Å²) in [5.74, 6) is -3.12. The molecule has 0 bridgehead atoms. The first-order chi connectivity index (χ1) is 11.8. The fourth-order valence-corrected chi connectivity index (χ4v) is 2.09. The summed E-state index contributed by atoms with van der Waals surface area (Å²) in [4.78, 5) is 25.1. The van der Waals surface area contributed by atoms with E-state index < -0.39 is 29.3 Å². The van der Waals surface area contributed by atoms with Crippen LogP contribution in [0.15, 0.2) is 42.5 Å². The standard InChI is InChI=1S/C17H16F3N3O2/c1-23(9-16(24)21-13-4-2-3-11(18)7-13)10-17(25)22-15-6-5-12(19)8-14(15)20/h2-8H,9-10H2,1H3,(H,21,24)(H,22,25). The van der Waals surface area contributed by atoms with Crippen molar-refractivity contribution in [3.05, 3.63) is 59.9 Å². The highest BCUT2D eigenvalue weighted by Crippen LogP contribution is 2.14. The number of carbonyl (C=O) groups is 2. The third kappa shape index (κ3) is 5.92. The molecule has 0 saturated heterocycles. The molecule has 0 spiro atoms. The Balaban J connectivity index is 1.83. The Morgan fingerprint density at radius 1 is 0.920 bits per heavy atom. The molecule has 0 aliphatic carbocycles. The number of amides is 2. The Bertz CT molecular complexity index is 783. The maximum atomic E-state index is 13.5. The van der Waals surface area contributed by atoms with Crippen LogP contribution in [0.4, 0.5) is 24.5 Å². The van der Waals surface area contributed by atoms with Gasteiger partial charge in [-0.1, -0.05) is 6.07 Å². The second kappa shape index (κ2) is 8.29. The van der Waals surface area contributed by atoms with Gasteiger partial charge >= 0.3 is 0 Å². The summed E-state index contributed by atoms with van der Waals surface area (Å²) < 4.78 is 39.3. The van der Waals surface area contributed by atoms with Gasteiger partial charge < -0.3 is 10.6 Å². The van der Waals surface area contributed by atoms with Gasteiger partial charge in [0.25, 0.3) is 0 Å². The van der Waals surface area contributed by atoms with E-state index in [1.807, 2.05) is 0 Å². The number of anilines is 2. The molecular formula is C17H16F3N3O2. The van der Waals surface area contributed by atoms with E-state index in [0.717, 1.165) is 12.1 Å². The van der Waals surface area contributed by atoms with Gasteiger partial charge in [-0.25, -0.2) is 13.2 Å². The number of halogens is 3. The SMILES string of the molecule is CN(CC(=O)Nc1cccc(F)c1)CC(=O)Nc1ccc(F)cc1F. The van der Waals surface area contributed by atoms with E-state index in [-0.39, 0.29) is 18.8 Å². The smallest absolute Gasteiger partial charge is 0.238 e. The van der Waals surface area contributed by atoms with Crippen molar-refractivity contribution in [2.24, 2.45) is 0 Å². The zero-order chi connectivity index (χ0) is 18.4. The van der Waals surface area contributed by atoms with Gasteiger partial charge in [0.1, 0.15) is 17.5 Å². The Hall–Kier alpha value is -2.87. The second-order valence-electron chi connectivity index (χ2n) is 5.40. The Morgan fingerprint density at radius 2 is 1.56 bits per heavy atom. The quantitative estimate of drug-likeness (QED) is 0.841. The van der Waals surface area contributed by atoms with E-state index in [1.165, 1.54) is 36.2 Å². The summed E-state index contributed by atoms with van der Waals surface area (Å²) in [5.41, 5.74) is 0.153. The highest BCUT2D eigenvalue weighted by Gasteiger charge is 2.13. The highest BCUT2D eigenvalue weighted by atomic mass is 19.1. The third-order valence-electron chi connectivity index (χ3n) is 3.14. The predicted molar refractivity (Wildman–Crippen MR) is 87.5 cm³/mol. The molecule has 5 nitrogen and oxygen atoms in total. The lowest BCUT2D eigenvalue weighted by molar-refractivity contribution is -0.119. The van der Waals surface area contributed by atoms with Crippen LogP contribution in [-0.2, 0) is 9.59 Å². The molecule has 0 fully saturated rings. The first kappa shape index (κ1) is 18.5. The van der Waals surface area contributed by atoms with Crippen molar-refractivity contribution in [1.29, 1.82) is 0 Å². The average molecular weight is 351 g/mol. The van der Waals surface area contributed by atoms with Crippen molar-refractivity contribution < 1.29 is 22.8 Å². The van der Waals surface area contributed by atoms with Crippen LogP contribution in [0.5, 0.6) is 0 Å². The van der Waals surface area contributed by atoms with Crippen LogP contribution in [0.1, 0.15) is 0 Å². The van der Waals surface area contributed by atoms with Crippen molar-refractivity contribution in [2.75, 3.05) is 30.8 Å². The van der Waals surface area contributed by atoms with Crippen LogP contribution in [0.25, 0.3) is 0 Å². The van der Waals surface area contributed by atoms with Gasteiger partial charge in [0.2, 0.25) is 11.8 Å². The summed E-state index contributed by atoms with van der Waals surface area (Å²) in [7, 11) is 1.52. The van der Waals surface area contributed by atoms with Crippen molar-refractivity contribution in [2.45, 2.75) is 0 Å². The molecule has 8 heteroatoms. The molecule has 0 heterocycles. The van der Waals surface area contributed by atoms with E-state index >= 15 is 0 Å². The lowest BCUT2D eigenvalue weighted by Gasteiger charge is -2.16. The molecule has 25 heavy (non-hydrogen) atoms. The molecule has 0 aromatic heterocycles. The molecular weight excluding hydrogens is 335 g/mol. The number of nitrogens with zero attached hydrogens (tertiary/aromatic N) is 1. The van der Waals surface area contributed by atoms with Gasteiger partial charge in [-0.15, -0.1) is 0 Å². The van der Waals surface area contributed by atoms with Gasteiger partial charge in [-0.2, -0.15) is 0 Å². The Labute approximate surface area is 142 Å². The minimum absolute atomic E-state index is 0.129. The van der Waals surface area contributed by atoms with Crippen LogP contribution in [0.2, 0.25) is 0 Å². The summed E-state index contributed by atoms with van der Waals surface area (Å²) in [6.45, 7) is -0.316. The number of nitrogens with one attached hydrogen (secondary N) is 2. The Morgan fingerprint density at radius 3 is 2.20 bits per heavy atom. The first-order valence-electron chi connectivity index (χ1n) is 7.32. The number of hydrogen-bond donors (Lipinski definition) is 2. The molecule has 2 N–H and O–H groups in total. The zero-order valence-corrected chi connectivity index (χ0v) is 13.4. The van der Waals surface area contributed by atoms with Crippen molar-refractivity contribution in [1.82, 2.24) is 4.90 Å². The van der Waals surface area contributed by atoms with E-state index in [4.69, 9.17) is 0 Å². The van der Waals surface area contributed by atoms with Gasteiger partial charge in [0.05, 0.1) is 18.8 Å². The first-order valence-corrected chi connectivity index (χ1v) is 7.32. The molecule has 0 saturated carbocycles. The largest absolute Gasteiger partial charge is 0.325 e. The molecule has 0 atom stereocenters. The van der Waals surface area contributed by atoms with Crippen molar-refractivity contribution in [3.8, 4) is 0 Å². The number of likely N-dealkylation sites (N-methyl/N-ethyl adjacent to an activating group) is 1. The second-order valence-corrected chi connectivity index (χ2v) is 5.40. The van der Waals surface area contributed by atoms with Crippen LogP contribution >= 0.6 is 0 Å². The van der Waals surface area contributed by atoms with E-state index in [2.05, 4.69) is 10.6 Å². The van der Waals surface area contributed by atoms with Crippen molar-refractivity contribution >= 4 is 23.2 Å². The molecule has 0 aliphatic rings. The maximum absolute atomic E-state index is 13.5. The molecule has 2 aromatic carbocycles. The van der Waals surface area contributed by atoms with E-state index in [9.17, 15) is 22.8 Å². The molecule has 0 unspecified atom stereocenters. The monoisotopic (exact) mass is 351 g/mol. The summed E-state index contributed by atoms with van der Waals surface area (Å²) in [6, 6.07) is 8.20. The molecule has 2 amide bonds. The van der Waals surface area contributed by atoms with Crippen molar-refractivity contribution in [3.63, 3.8) is 0 Å². The molecule has 0 aliphatic heterocycles. The number of benzene rings is 2. The lowest BCUT2D eigenvalue weighted by atomic mass is 10.3. The number of hydrogen-bond acceptors (Lipinski definition) is 3. The molecule has 0 radical (unpaired) electrons. The van der Waals surface area contributed by atoms with E-state index in [0.29, 0.717) is 11.8 Å². The summed E-state index contributed by atoms with van der Waals surface area (Å²) in [5, 5.41) is 4.79. The van der Waals surface area contributed by atoms with Crippen LogP contribution in [0.3, 0.4) is 0 Å². The van der Waals surface area contributed by atoms with Gasteiger partial charge in [0, 0.05) is 11.8 Å². The average Bonchev–Trinajstić information content (AvgIpc) is 2.49. The van der Waals surface area contributed by atoms with Crippen LogP contribution in [0, 0.1) is 17.5 Å². The lowest BCUT2D eigenvalue weighted by Crippen LogP contribution is -2.36. The predicted octanol–water partition coefficient (Wildman–Crippen LogP) is 2.61. The molecule has 2 rings (SSSR count). The van der Waals surface area contributed by atoms with Gasteiger partial charge in [-0.05, 0) is 37.4 Å². The van der Waals surface area contributed by atoms with Crippen LogP contribution in [-0.4, -0.2) is 36.9 Å². The Kier molecular flexibility index (Phi) is 6.13. The normalized spacial score (nSPS) is 10.6. The fourth-order valence-electron chi connectivity index (χ4n) is 2.09. The summed E-state index contributed by atoms with van der Waals surface area (Å²) in [6.07, 6.45) is 0. The summed E-state index contributed by atoms with van der Waals surface area (Å²) >= 11 is 0. The molecule has 132 valence electrons. The van der Waals surface area contributed by atoms with Gasteiger partial charge in [-0.3, -0.25) is 14.5 Å². The van der Waals surface area contributed by atoms with Gasteiger partial charge in [0.15, 0.2) is 0 Å². The minimum atomic E-state index is -0.889.